The van der Waals surface area contributed by atoms with Crippen molar-refractivity contribution in [3.05, 3.63) is 101 Å². The van der Waals surface area contributed by atoms with E-state index in [1.165, 1.54) is 0 Å². The van der Waals surface area contributed by atoms with Gasteiger partial charge in [-0.1, -0.05) is 54.1 Å². The number of benzene rings is 3. The third-order valence-electron chi connectivity index (χ3n) is 4.06. The third-order valence-corrected chi connectivity index (χ3v) is 5.25. The maximum absolute atomic E-state index is 12.7. The third kappa shape index (κ3) is 4.40. The number of nitrogens with one attached hydrogen (secondary N) is 1. The van der Waals surface area contributed by atoms with Crippen LogP contribution >= 0.6 is 11.6 Å². The maximum Gasteiger partial charge on any atom is 0.252 e. The van der Waals surface area contributed by atoms with Gasteiger partial charge in [-0.25, -0.2) is 0 Å². The molecule has 0 bridgehead atoms. The summed E-state index contributed by atoms with van der Waals surface area (Å²) < 4.78 is 11.5. The lowest BCUT2D eigenvalue weighted by molar-refractivity contribution is 0.0943. The molecule has 2 unspecified atom stereocenters. The van der Waals surface area contributed by atoms with Crippen molar-refractivity contribution in [3.8, 4) is 0 Å². The summed E-state index contributed by atoms with van der Waals surface area (Å²) in [7, 11) is -1.07. The molecule has 0 saturated heterocycles. The minimum atomic E-state index is -1.07. The number of carbonyl (C=O) groups excluding carboxylic acids is 1. The van der Waals surface area contributed by atoms with Gasteiger partial charge >= 0.3 is 0 Å². The Kier molecular flexibility index (Phi) is 5.86. The fourth-order valence-electron chi connectivity index (χ4n) is 2.67. The molecule has 0 radical (unpaired) electrons. The minimum absolute atomic E-state index is 0.192. The SMILES string of the molecule is CS(=O)c1ccc(C(=O)NC(c2ccccc2)c2ccc(Cl)cc2)cc1. The molecule has 1 N–H and O–H groups in total. The zero-order chi connectivity index (χ0) is 18.5. The van der Waals surface area contributed by atoms with Gasteiger partial charge in [-0.3, -0.25) is 9.00 Å². The molecule has 26 heavy (non-hydrogen) atoms. The van der Waals surface area contributed by atoms with Crippen molar-refractivity contribution in [1.29, 1.82) is 0 Å². The summed E-state index contributed by atoms with van der Waals surface area (Å²) in [6.07, 6.45) is 1.61. The first-order valence-corrected chi connectivity index (χ1v) is 10.0. The quantitative estimate of drug-likeness (QED) is 0.700. The van der Waals surface area contributed by atoms with E-state index in [1.807, 2.05) is 54.6 Å². The van der Waals surface area contributed by atoms with Crippen molar-refractivity contribution in [2.24, 2.45) is 0 Å². The Morgan fingerprint density at radius 1 is 0.885 bits per heavy atom. The van der Waals surface area contributed by atoms with Gasteiger partial charge in [0.1, 0.15) is 0 Å². The lowest BCUT2D eigenvalue weighted by atomic mass is 9.98. The van der Waals surface area contributed by atoms with Crippen LogP contribution in [0.2, 0.25) is 5.02 Å². The average molecular weight is 384 g/mol. The maximum atomic E-state index is 12.7. The fourth-order valence-corrected chi connectivity index (χ4v) is 3.32. The van der Waals surface area contributed by atoms with Crippen molar-refractivity contribution in [2.75, 3.05) is 6.26 Å². The minimum Gasteiger partial charge on any atom is -0.341 e. The van der Waals surface area contributed by atoms with Crippen LogP contribution < -0.4 is 5.32 Å². The van der Waals surface area contributed by atoms with Crippen molar-refractivity contribution in [1.82, 2.24) is 5.32 Å². The van der Waals surface area contributed by atoms with Crippen LogP contribution in [0, 0.1) is 0 Å². The normalized spacial score (nSPS) is 13.0. The summed E-state index contributed by atoms with van der Waals surface area (Å²) in [4.78, 5) is 13.4. The Labute approximate surface area is 160 Å². The first-order valence-electron chi connectivity index (χ1n) is 8.09. The highest BCUT2D eigenvalue weighted by molar-refractivity contribution is 7.84. The molecule has 3 aromatic carbocycles. The Balaban J connectivity index is 1.89. The van der Waals surface area contributed by atoms with E-state index in [0.29, 0.717) is 15.5 Å². The topological polar surface area (TPSA) is 46.2 Å². The second-order valence-electron chi connectivity index (χ2n) is 5.85. The van der Waals surface area contributed by atoms with Gasteiger partial charge in [-0.05, 0) is 47.5 Å². The Hall–Kier alpha value is -2.43. The second-order valence-corrected chi connectivity index (χ2v) is 7.66. The van der Waals surface area contributed by atoms with Gasteiger partial charge in [0.15, 0.2) is 0 Å². The number of rotatable bonds is 5. The van der Waals surface area contributed by atoms with Crippen LogP contribution in [0.1, 0.15) is 27.5 Å². The predicted octanol–water partition coefficient (Wildman–Crippen LogP) is 4.60. The molecule has 0 aromatic heterocycles. The first-order chi connectivity index (χ1) is 12.5. The molecule has 0 heterocycles. The van der Waals surface area contributed by atoms with Gasteiger partial charge in [0, 0.05) is 32.5 Å². The van der Waals surface area contributed by atoms with Gasteiger partial charge in [0.2, 0.25) is 0 Å². The lowest BCUT2D eigenvalue weighted by Gasteiger charge is -2.20. The van der Waals surface area contributed by atoms with E-state index in [0.717, 1.165) is 11.1 Å². The van der Waals surface area contributed by atoms with Crippen LogP contribution in [0.15, 0.2) is 83.8 Å². The van der Waals surface area contributed by atoms with Crippen molar-refractivity contribution < 1.29 is 9.00 Å². The number of hydrogen-bond acceptors (Lipinski definition) is 2. The van der Waals surface area contributed by atoms with Gasteiger partial charge in [-0.2, -0.15) is 0 Å². The van der Waals surface area contributed by atoms with Crippen LogP contribution in [0.4, 0.5) is 0 Å². The molecule has 0 aliphatic heterocycles. The molecule has 1 amide bonds. The molecule has 0 fully saturated rings. The van der Waals surface area contributed by atoms with Gasteiger partial charge in [0.25, 0.3) is 5.91 Å². The summed E-state index contributed by atoms with van der Waals surface area (Å²) in [5.41, 5.74) is 2.45. The van der Waals surface area contributed by atoms with Crippen LogP contribution in [0.25, 0.3) is 0 Å². The van der Waals surface area contributed by atoms with Gasteiger partial charge in [0.05, 0.1) is 6.04 Å². The average Bonchev–Trinajstić information content (AvgIpc) is 2.67. The summed E-state index contributed by atoms with van der Waals surface area (Å²) in [6, 6.07) is 23.7. The summed E-state index contributed by atoms with van der Waals surface area (Å²) in [5.74, 6) is -0.192. The molecule has 0 aliphatic carbocycles. The fraction of sp³-hybridized carbons (Fsp3) is 0.0952. The van der Waals surface area contributed by atoms with Crippen molar-refractivity contribution in [2.45, 2.75) is 10.9 Å². The highest BCUT2D eigenvalue weighted by Crippen LogP contribution is 2.24. The molecule has 2 atom stereocenters. The number of halogens is 1. The molecule has 3 rings (SSSR count). The molecule has 5 heteroatoms. The van der Waals surface area contributed by atoms with E-state index < -0.39 is 10.8 Å². The van der Waals surface area contributed by atoms with Crippen LogP contribution in [0.3, 0.4) is 0 Å². The number of amides is 1. The number of carbonyl (C=O) groups is 1. The van der Waals surface area contributed by atoms with Crippen LogP contribution in [0.5, 0.6) is 0 Å². The molecule has 3 nitrogen and oxygen atoms in total. The summed E-state index contributed by atoms with van der Waals surface area (Å²) >= 11 is 5.99. The monoisotopic (exact) mass is 383 g/mol. The second kappa shape index (κ2) is 8.30. The lowest BCUT2D eigenvalue weighted by Crippen LogP contribution is -2.29. The molecule has 0 spiro atoms. The highest BCUT2D eigenvalue weighted by Gasteiger charge is 2.18. The van der Waals surface area contributed by atoms with Crippen LogP contribution in [-0.4, -0.2) is 16.4 Å². The standard InChI is InChI=1S/C21H18ClNO2S/c1-26(25)19-13-9-17(10-14-19)21(24)23-20(15-5-3-2-4-6-15)16-7-11-18(22)12-8-16/h2-14,20H,1H3,(H,23,24). The van der Waals surface area contributed by atoms with E-state index >= 15 is 0 Å². The van der Waals surface area contributed by atoms with Gasteiger partial charge in [-0.15, -0.1) is 0 Å². The van der Waals surface area contributed by atoms with Crippen molar-refractivity contribution in [3.63, 3.8) is 0 Å². The molecular formula is C21H18ClNO2S. The molecule has 0 aliphatic rings. The zero-order valence-electron chi connectivity index (χ0n) is 14.2. The Morgan fingerprint density at radius 3 is 2.04 bits per heavy atom. The Bertz CT molecular complexity index is 909. The van der Waals surface area contributed by atoms with E-state index in [1.54, 1.807) is 30.5 Å². The van der Waals surface area contributed by atoms with Crippen molar-refractivity contribution >= 4 is 28.3 Å². The van der Waals surface area contributed by atoms with E-state index in [-0.39, 0.29) is 11.9 Å². The summed E-state index contributed by atoms with van der Waals surface area (Å²) in [5, 5.41) is 3.72. The Morgan fingerprint density at radius 2 is 1.46 bits per heavy atom. The van der Waals surface area contributed by atoms with E-state index in [9.17, 15) is 9.00 Å². The van der Waals surface area contributed by atoms with Crippen LogP contribution in [-0.2, 0) is 10.8 Å². The smallest absolute Gasteiger partial charge is 0.252 e. The van der Waals surface area contributed by atoms with E-state index in [4.69, 9.17) is 11.6 Å². The summed E-state index contributed by atoms with van der Waals surface area (Å²) in [6.45, 7) is 0. The zero-order valence-corrected chi connectivity index (χ0v) is 15.8. The number of hydrogen-bond donors (Lipinski definition) is 1. The highest BCUT2D eigenvalue weighted by atomic mass is 35.5. The largest absolute Gasteiger partial charge is 0.341 e. The van der Waals surface area contributed by atoms with E-state index in [2.05, 4.69) is 5.32 Å². The molecule has 3 aromatic rings. The van der Waals surface area contributed by atoms with Gasteiger partial charge < -0.3 is 5.32 Å². The molecule has 132 valence electrons. The first kappa shape index (κ1) is 18.4. The molecule has 0 saturated carbocycles. The predicted molar refractivity (Wildman–Crippen MR) is 106 cm³/mol. The molecular weight excluding hydrogens is 366 g/mol.